The minimum atomic E-state index is -3.46. The number of carbonyl (C=O) groups is 2. The van der Waals surface area contributed by atoms with Crippen molar-refractivity contribution in [2.45, 2.75) is 69.3 Å². The molecule has 2 saturated carbocycles. The van der Waals surface area contributed by atoms with Crippen molar-refractivity contribution in [1.29, 1.82) is 0 Å². The van der Waals surface area contributed by atoms with E-state index >= 15 is 0 Å². The Morgan fingerprint density at radius 1 is 1.17 bits per heavy atom. The van der Waals surface area contributed by atoms with Gasteiger partial charge in [-0.15, -0.1) is 4.36 Å². The van der Waals surface area contributed by atoms with E-state index in [1.165, 1.54) is 11.1 Å². The van der Waals surface area contributed by atoms with E-state index < -0.39 is 15.8 Å². The van der Waals surface area contributed by atoms with Crippen molar-refractivity contribution in [2.24, 2.45) is 28.0 Å². The van der Waals surface area contributed by atoms with E-state index in [1.54, 1.807) is 25.6 Å². The molecule has 8 atom stereocenters. The molecule has 3 aromatic rings. The standard InChI is InChI=1S/C41H47ClN4O5S/c1-26-6-3-9-37(50-2)32-13-10-30(32)22-46-24-41(16-4-7-27-18-31(42)12-14-35(27)41)25-51-38-15-11-28(19-36(38)46)39(47)44-52(49,23-26)45-40(48)34-20-33(34)29-8-5-17-43-21-29/h3,5,8-9,11-12,14-15,17-19,21,26,30,32-34,37H,4,6-7,10,13,16,20,22-25H2,1-2H3,(H,44,45,47,48,49)/b9-3+/t26-,30-,32+,33+,34-,37-,41-,52?/m0/s1. The van der Waals surface area contributed by atoms with Crippen LogP contribution in [0, 0.1) is 23.7 Å². The number of allylic oxidation sites excluding steroid dienone is 1. The molecule has 3 aliphatic carbocycles. The summed E-state index contributed by atoms with van der Waals surface area (Å²) in [4.78, 5) is 34.2. The average Bonchev–Trinajstić information content (AvgIpc) is 3.94. The summed E-state index contributed by atoms with van der Waals surface area (Å²) in [6, 6.07) is 15.5. The van der Waals surface area contributed by atoms with E-state index in [9.17, 15) is 13.8 Å². The summed E-state index contributed by atoms with van der Waals surface area (Å²) in [6.45, 7) is 4.01. The third-order valence-corrected chi connectivity index (χ3v) is 14.3. The van der Waals surface area contributed by atoms with Gasteiger partial charge < -0.3 is 14.4 Å². The zero-order valence-corrected chi connectivity index (χ0v) is 31.4. The molecule has 1 unspecified atom stereocenters. The molecule has 5 aliphatic rings. The number of amides is 2. The van der Waals surface area contributed by atoms with Gasteiger partial charge in [-0.1, -0.05) is 42.8 Å². The van der Waals surface area contributed by atoms with Crippen LogP contribution in [0.3, 0.4) is 0 Å². The van der Waals surface area contributed by atoms with E-state index in [0.29, 0.717) is 42.6 Å². The van der Waals surface area contributed by atoms with E-state index in [0.717, 1.165) is 61.5 Å². The van der Waals surface area contributed by atoms with Gasteiger partial charge in [0.05, 0.1) is 24.2 Å². The largest absolute Gasteiger partial charge is 0.490 e. The molecule has 1 aromatic heterocycles. The summed E-state index contributed by atoms with van der Waals surface area (Å²) in [5.74, 6) is 0.107. The molecule has 2 fully saturated rings. The Balaban J connectivity index is 1.16. The molecule has 52 heavy (non-hydrogen) atoms. The van der Waals surface area contributed by atoms with Gasteiger partial charge in [0.2, 0.25) is 5.91 Å². The average molecular weight is 743 g/mol. The first-order valence-electron chi connectivity index (χ1n) is 18.6. The van der Waals surface area contributed by atoms with Gasteiger partial charge in [0, 0.05) is 54.5 Å². The van der Waals surface area contributed by atoms with Gasteiger partial charge >= 0.3 is 0 Å². The van der Waals surface area contributed by atoms with Crippen LogP contribution in [-0.2, 0) is 31.3 Å². The fourth-order valence-corrected chi connectivity index (χ4v) is 11.2. The maximum atomic E-state index is 14.6. The monoisotopic (exact) mass is 742 g/mol. The van der Waals surface area contributed by atoms with Crippen molar-refractivity contribution >= 4 is 39.0 Å². The predicted molar refractivity (Wildman–Crippen MR) is 203 cm³/mol. The number of benzene rings is 2. The number of rotatable bonds is 4. The number of aromatic nitrogens is 1. The highest BCUT2D eigenvalue weighted by atomic mass is 35.5. The Morgan fingerprint density at radius 3 is 2.85 bits per heavy atom. The predicted octanol–water partition coefficient (Wildman–Crippen LogP) is 7.29. The van der Waals surface area contributed by atoms with Crippen molar-refractivity contribution in [3.8, 4) is 5.75 Å². The Bertz CT molecular complexity index is 2010. The normalized spacial score (nSPS) is 33.3. The summed E-state index contributed by atoms with van der Waals surface area (Å²) < 4.78 is 34.5. The van der Waals surface area contributed by atoms with Crippen LogP contribution in [0.4, 0.5) is 5.69 Å². The lowest BCUT2D eigenvalue weighted by Gasteiger charge is -2.46. The fourth-order valence-electron chi connectivity index (χ4n) is 9.05. The second-order valence-corrected chi connectivity index (χ2v) is 18.1. The minimum Gasteiger partial charge on any atom is -0.490 e. The number of nitrogens with one attached hydrogen (secondary N) is 1. The van der Waals surface area contributed by atoms with Crippen LogP contribution in [0.2, 0.25) is 5.02 Å². The summed E-state index contributed by atoms with van der Waals surface area (Å²) in [5, 5.41) is 0.745. The Morgan fingerprint density at radius 2 is 2.06 bits per heavy atom. The molecule has 0 radical (unpaired) electrons. The summed E-state index contributed by atoms with van der Waals surface area (Å²) in [5.41, 5.74) is 4.43. The lowest BCUT2D eigenvalue weighted by Crippen LogP contribution is -2.49. The number of anilines is 1. The molecule has 8 rings (SSSR count). The van der Waals surface area contributed by atoms with Crippen molar-refractivity contribution in [3.05, 3.63) is 100 Å². The molecule has 1 spiro atoms. The van der Waals surface area contributed by atoms with Gasteiger partial charge in [-0.2, -0.15) is 0 Å². The van der Waals surface area contributed by atoms with Crippen LogP contribution < -0.4 is 14.4 Å². The molecule has 0 saturated heterocycles. The summed E-state index contributed by atoms with van der Waals surface area (Å²) >= 11 is 6.47. The number of aryl methyl sites for hydroxylation is 1. The number of ether oxygens (including phenoxy) is 2. The van der Waals surface area contributed by atoms with Crippen molar-refractivity contribution < 1.29 is 23.3 Å². The number of nitrogens with zero attached hydrogens (tertiary/aromatic N) is 3. The summed E-state index contributed by atoms with van der Waals surface area (Å²) in [6.07, 6.45) is 14.1. The number of hydrogen-bond acceptors (Lipinski definition) is 7. The van der Waals surface area contributed by atoms with Gasteiger partial charge in [-0.25, -0.2) is 4.21 Å². The molecule has 11 heteroatoms. The van der Waals surface area contributed by atoms with E-state index in [2.05, 4.69) is 43.3 Å². The molecule has 1 N–H and O–H groups in total. The lowest BCUT2D eigenvalue weighted by molar-refractivity contribution is -0.120. The van der Waals surface area contributed by atoms with Crippen molar-refractivity contribution in [2.75, 3.05) is 37.5 Å². The number of halogens is 1. The highest BCUT2D eigenvalue weighted by Gasteiger charge is 2.46. The Kier molecular flexibility index (Phi) is 9.68. The van der Waals surface area contributed by atoms with Gasteiger partial charge in [-0.05, 0) is 122 Å². The minimum absolute atomic E-state index is 0.00670. The van der Waals surface area contributed by atoms with Crippen molar-refractivity contribution in [3.63, 3.8) is 0 Å². The van der Waals surface area contributed by atoms with Crippen LogP contribution in [0.25, 0.3) is 0 Å². The summed E-state index contributed by atoms with van der Waals surface area (Å²) in [7, 11) is -1.69. The third kappa shape index (κ3) is 7.01. The topological polar surface area (TPSA) is 110 Å². The van der Waals surface area contributed by atoms with E-state index in [-0.39, 0.29) is 40.9 Å². The van der Waals surface area contributed by atoms with Crippen LogP contribution in [0.1, 0.15) is 78.4 Å². The molecule has 9 nitrogen and oxygen atoms in total. The number of methoxy groups -OCH3 is 1. The molecule has 2 amide bonds. The van der Waals surface area contributed by atoms with E-state index in [4.69, 9.17) is 21.1 Å². The van der Waals surface area contributed by atoms with Gasteiger partial charge in [0.25, 0.3) is 5.91 Å². The van der Waals surface area contributed by atoms with Crippen LogP contribution in [0.15, 0.2) is 77.4 Å². The van der Waals surface area contributed by atoms with Gasteiger partial charge in [0.1, 0.15) is 15.7 Å². The number of pyridine rings is 1. The molecular weight excluding hydrogens is 696 g/mol. The molecule has 2 bridgehead atoms. The van der Waals surface area contributed by atoms with Crippen LogP contribution in [-0.4, -0.2) is 59.7 Å². The van der Waals surface area contributed by atoms with Gasteiger partial charge in [0.15, 0.2) is 0 Å². The van der Waals surface area contributed by atoms with Crippen molar-refractivity contribution in [1.82, 2.24) is 9.71 Å². The van der Waals surface area contributed by atoms with E-state index in [1.807, 2.05) is 37.3 Å². The van der Waals surface area contributed by atoms with Crippen LogP contribution >= 0.6 is 11.6 Å². The molecule has 274 valence electrons. The quantitative estimate of drug-likeness (QED) is 0.280. The maximum absolute atomic E-state index is 14.6. The first kappa shape index (κ1) is 35.3. The second kappa shape index (κ2) is 14.3. The third-order valence-electron chi connectivity index (χ3n) is 12.0. The lowest BCUT2D eigenvalue weighted by atomic mass is 9.68. The number of fused-ring (bicyclic) bond motifs is 4. The second-order valence-electron chi connectivity index (χ2n) is 15.7. The molecular formula is C41H47ClN4O5S. The SMILES string of the molecule is CO[C@H]1/C=C/C[C@H](C)CS(=O)(NC(=O)[C@H]2C[C@@H]2c2cccnc2)=NC(=O)c2ccc3c(c2)N(C[C@@H]2CC[C@H]21)C[C@@]1(CCCc2cc(Cl)ccc21)CO3. The smallest absolute Gasteiger partial charge is 0.286 e. The first-order valence-corrected chi connectivity index (χ1v) is 20.7. The number of hydrogen-bond donors (Lipinski definition) is 1. The first-order chi connectivity index (χ1) is 25.1. The molecule has 3 heterocycles. The maximum Gasteiger partial charge on any atom is 0.286 e. The zero-order valence-electron chi connectivity index (χ0n) is 29.8. The molecule has 2 aliphatic heterocycles. The highest BCUT2D eigenvalue weighted by molar-refractivity contribution is 7.92. The van der Waals surface area contributed by atoms with Crippen LogP contribution in [0.5, 0.6) is 5.75 Å². The number of carbonyl (C=O) groups excluding carboxylic acids is 2. The Hall–Kier alpha value is -3.73. The molecule has 2 aromatic carbocycles. The fraction of sp³-hybridized carbons (Fsp3) is 0.488. The zero-order chi connectivity index (χ0) is 36.0. The van der Waals surface area contributed by atoms with Gasteiger partial charge in [-0.3, -0.25) is 19.3 Å². The Labute approximate surface area is 311 Å². The highest BCUT2D eigenvalue weighted by Crippen LogP contribution is 2.48.